The number of aliphatic hydroxyl groups excluding tert-OH is 1. The molecule has 5 heteroatoms. The van der Waals surface area contributed by atoms with Gasteiger partial charge in [-0.3, -0.25) is 4.79 Å². The van der Waals surface area contributed by atoms with Crippen LogP contribution in [0.1, 0.15) is 33.6 Å². The molecule has 17 heavy (non-hydrogen) atoms. The van der Waals surface area contributed by atoms with Gasteiger partial charge in [-0.05, 0) is 43.7 Å². The summed E-state index contributed by atoms with van der Waals surface area (Å²) >= 11 is 1.78. The van der Waals surface area contributed by atoms with Crippen molar-refractivity contribution in [2.24, 2.45) is 5.92 Å². The third kappa shape index (κ3) is 6.91. The van der Waals surface area contributed by atoms with E-state index in [1.165, 1.54) is 0 Å². The van der Waals surface area contributed by atoms with Gasteiger partial charge in [0.1, 0.15) is 5.54 Å². The fraction of sp³-hybridized carbons (Fsp3) is 0.917. The van der Waals surface area contributed by atoms with Crippen LogP contribution in [0.5, 0.6) is 0 Å². The highest BCUT2D eigenvalue weighted by Crippen LogP contribution is 2.16. The van der Waals surface area contributed by atoms with Crippen LogP contribution >= 0.6 is 11.8 Å². The van der Waals surface area contributed by atoms with Crippen molar-refractivity contribution in [3.8, 4) is 0 Å². The molecule has 0 aliphatic heterocycles. The SMILES string of the molecule is CCNC(C)(CCCSCC(C)CO)C(=O)O. The Kier molecular flexibility index (Phi) is 8.64. The maximum Gasteiger partial charge on any atom is 0.323 e. The highest BCUT2D eigenvalue weighted by atomic mass is 32.2. The average Bonchev–Trinajstić information content (AvgIpc) is 2.28. The summed E-state index contributed by atoms with van der Waals surface area (Å²) in [6.07, 6.45) is 1.51. The summed E-state index contributed by atoms with van der Waals surface area (Å²) in [4.78, 5) is 11.1. The van der Waals surface area contributed by atoms with E-state index in [0.29, 0.717) is 18.9 Å². The number of hydrogen-bond donors (Lipinski definition) is 3. The minimum absolute atomic E-state index is 0.219. The van der Waals surface area contributed by atoms with E-state index < -0.39 is 11.5 Å². The van der Waals surface area contributed by atoms with Gasteiger partial charge >= 0.3 is 5.97 Å². The zero-order valence-electron chi connectivity index (χ0n) is 11.0. The molecule has 0 saturated heterocycles. The van der Waals surface area contributed by atoms with E-state index in [4.69, 9.17) is 10.2 Å². The smallest absolute Gasteiger partial charge is 0.323 e. The Labute approximate surface area is 108 Å². The summed E-state index contributed by atoms with van der Waals surface area (Å²) in [5.74, 6) is 1.41. The largest absolute Gasteiger partial charge is 0.480 e. The molecule has 0 aliphatic carbocycles. The minimum atomic E-state index is -0.808. The number of likely N-dealkylation sites (N-methyl/N-ethyl adjacent to an activating group) is 1. The molecule has 0 amide bonds. The van der Waals surface area contributed by atoms with Gasteiger partial charge in [0.25, 0.3) is 0 Å². The Hall–Kier alpha value is -0.260. The molecule has 0 radical (unpaired) electrons. The third-order valence-corrected chi connectivity index (χ3v) is 4.10. The number of aliphatic hydroxyl groups is 1. The highest BCUT2D eigenvalue weighted by molar-refractivity contribution is 7.99. The van der Waals surface area contributed by atoms with Crippen molar-refractivity contribution in [2.75, 3.05) is 24.7 Å². The molecule has 0 fully saturated rings. The maximum absolute atomic E-state index is 11.1. The number of rotatable bonds is 10. The van der Waals surface area contributed by atoms with E-state index in [-0.39, 0.29) is 6.61 Å². The molecule has 0 saturated carbocycles. The molecule has 102 valence electrons. The molecule has 0 aromatic heterocycles. The fourth-order valence-electron chi connectivity index (χ4n) is 1.53. The van der Waals surface area contributed by atoms with Crippen molar-refractivity contribution in [2.45, 2.75) is 39.2 Å². The maximum atomic E-state index is 11.1. The van der Waals surface area contributed by atoms with Gasteiger partial charge in [0, 0.05) is 6.61 Å². The molecule has 3 N–H and O–H groups in total. The zero-order valence-corrected chi connectivity index (χ0v) is 11.8. The number of aliphatic carboxylic acids is 1. The molecule has 0 spiro atoms. The molecule has 0 heterocycles. The number of carboxylic acid groups (broad SMARTS) is 1. The molecular formula is C12H25NO3S. The first-order valence-corrected chi connectivity index (χ1v) is 7.28. The van der Waals surface area contributed by atoms with Crippen LogP contribution in [0.25, 0.3) is 0 Å². The molecular weight excluding hydrogens is 238 g/mol. The Bertz CT molecular complexity index is 226. The first-order valence-electron chi connectivity index (χ1n) is 6.13. The summed E-state index contributed by atoms with van der Waals surface area (Å²) in [5.41, 5.74) is -0.808. The first-order chi connectivity index (χ1) is 7.96. The first kappa shape index (κ1) is 16.7. The quantitative estimate of drug-likeness (QED) is 0.522. The average molecular weight is 263 g/mol. The van der Waals surface area contributed by atoms with Crippen molar-refractivity contribution in [3.05, 3.63) is 0 Å². The lowest BCUT2D eigenvalue weighted by Gasteiger charge is -2.25. The zero-order chi connectivity index (χ0) is 13.3. The molecule has 2 unspecified atom stereocenters. The van der Waals surface area contributed by atoms with E-state index in [2.05, 4.69) is 5.32 Å². The topological polar surface area (TPSA) is 69.6 Å². The molecule has 0 rings (SSSR count). The molecule has 4 nitrogen and oxygen atoms in total. The van der Waals surface area contributed by atoms with Gasteiger partial charge in [-0.1, -0.05) is 13.8 Å². The van der Waals surface area contributed by atoms with Gasteiger partial charge in [-0.25, -0.2) is 0 Å². The highest BCUT2D eigenvalue weighted by Gasteiger charge is 2.30. The van der Waals surface area contributed by atoms with Gasteiger partial charge in [-0.2, -0.15) is 11.8 Å². The monoisotopic (exact) mass is 263 g/mol. The van der Waals surface area contributed by atoms with Crippen molar-refractivity contribution < 1.29 is 15.0 Å². The number of carboxylic acids is 1. The molecule has 0 aromatic carbocycles. The van der Waals surface area contributed by atoms with E-state index in [1.807, 2.05) is 13.8 Å². The van der Waals surface area contributed by atoms with E-state index in [0.717, 1.165) is 17.9 Å². The predicted molar refractivity (Wildman–Crippen MR) is 72.5 cm³/mol. The lowest BCUT2D eigenvalue weighted by Crippen LogP contribution is -2.49. The van der Waals surface area contributed by atoms with E-state index >= 15 is 0 Å². The lowest BCUT2D eigenvalue weighted by atomic mass is 9.96. The van der Waals surface area contributed by atoms with E-state index in [9.17, 15) is 4.79 Å². The van der Waals surface area contributed by atoms with Crippen molar-refractivity contribution >= 4 is 17.7 Å². The summed E-state index contributed by atoms with van der Waals surface area (Å²) in [5, 5.41) is 21.0. The standard InChI is InChI=1S/C12H25NO3S/c1-4-13-12(3,11(15)16)6-5-7-17-9-10(2)8-14/h10,13-14H,4-9H2,1-3H3,(H,15,16). The number of hydrogen-bond acceptors (Lipinski definition) is 4. The van der Waals surface area contributed by atoms with Crippen LogP contribution < -0.4 is 5.32 Å². The van der Waals surface area contributed by atoms with Crippen LogP contribution in [-0.2, 0) is 4.79 Å². The van der Waals surface area contributed by atoms with Gasteiger partial charge in [0.15, 0.2) is 0 Å². The second-order valence-electron chi connectivity index (χ2n) is 4.63. The van der Waals surface area contributed by atoms with Crippen molar-refractivity contribution in [3.63, 3.8) is 0 Å². The van der Waals surface area contributed by atoms with Crippen LogP contribution in [0, 0.1) is 5.92 Å². The molecule has 2 atom stereocenters. The third-order valence-electron chi connectivity index (χ3n) is 2.72. The lowest BCUT2D eigenvalue weighted by molar-refractivity contribution is -0.144. The predicted octanol–water partition coefficient (Wildman–Crippen LogP) is 1.58. The number of thioether (sulfide) groups is 1. The Morgan fingerprint density at radius 2 is 2.18 bits per heavy atom. The Morgan fingerprint density at radius 1 is 1.53 bits per heavy atom. The minimum Gasteiger partial charge on any atom is -0.480 e. The summed E-state index contributed by atoms with van der Waals surface area (Å²) in [6, 6.07) is 0. The van der Waals surface area contributed by atoms with Gasteiger partial charge in [0.2, 0.25) is 0 Å². The van der Waals surface area contributed by atoms with Crippen LogP contribution in [0.3, 0.4) is 0 Å². The number of carbonyl (C=O) groups is 1. The summed E-state index contributed by atoms with van der Waals surface area (Å²) < 4.78 is 0. The summed E-state index contributed by atoms with van der Waals surface area (Å²) in [7, 11) is 0. The van der Waals surface area contributed by atoms with Crippen molar-refractivity contribution in [1.82, 2.24) is 5.32 Å². The summed E-state index contributed by atoms with van der Waals surface area (Å²) in [6.45, 7) is 6.54. The fourth-order valence-corrected chi connectivity index (χ4v) is 2.55. The number of nitrogens with one attached hydrogen (secondary N) is 1. The van der Waals surface area contributed by atoms with Crippen LogP contribution in [0.15, 0.2) is 0 Å². The van der Waals surface area contributed by atoms with Gasteiger partial charge in [-0.15, -0.1) is 0 Å². The normalized spacial score (nSPS) is 16.5. The van der Waals surface area contributed by atoms with Gasteiger partial charge < -0.3 is 15.5 Å². The Balaban J connectivity index is 3.80. The molecule has 0 aromatic rings. The van der Waals surface area contributed by atoms with Crippen LogP contribution in [0.2, 0.25) is 0 Å². The van der Waals surface area contributed by atoms with Crippen LogP contribution in [0.4, 0.5) is 0 Å². The second kappa shape index (κ2) is 8.78. The van der Waals surface area contributed by atoms with Gasteiger partial charge in [0.05, 0.1) is 0 Å². The van der Waals surface area contributed by atoms with Crippen LogP contribution in [-0.4, -0.2) is 46.4 Å². The van der Waals surface area contributed by atoms with E-state index in [1.54, 1.807) is 18.7 Å². The van der Waals surface area contributed by atoms with Crippen molar-refractivity contribution in [1.29, 1.82) is 0 Å². The molecule has 0 aliphatic rings. The molecule has 0 bridgehead atoms. The Morgan fingerprint density at radius 3 is 2.65 bits per heavy atom. The second-order valence-corrected chi connectivity index (χ2v) is 5.78.